The summed E-state index contributed by atoms with van der Waals surface area (Å²) >= 11 is 0. The number of aliphatic carboxylic acids is 1. The number of halogens is 1. The molecule has 102 valence electrons. The van der Waals surface area contributed by atoms with Crippen molar-refractivity contribution in [1.82, 2.24) is 10.2 Å². The topological polar surface area (TPSA) is 81.7 Å². The standard InChI is InChI=1S/C12H14FN3O3/c13-8-1-3-9(4-2-8)15-12(19)16-6-5-14-7-10(16)11(17)18/h1-4,10,14H,5-7H2,(H,15,19)(H,17,18). The lowest BCUT2D eigenvalue weighted by atomic mass is 10.2. The van der Waals surface area contributed by atoms with Gasteiger partial charge in [-0.15, -0.1) is 0 Å². The Morgan fingerprint density at radius 3 is 2.68 bits per heavy atom. The van der Waals surface area contributed by atoms with Gasteiger partial charge in [0.2, 0.25) is 0 Å². The van der Waals surface area contributed by atoms with Gasteiger partial charge in [0.1, 0.15) is 11.9 Å². The van der Waals surface area contributed by atoms with Crippen molar-refractivity contribution in [3.63, 3.8) is 0 Å². The Bertz CT molecular complexity index is 478. The summed E-state index contributed by atoms with van der Waals surface area (Å²) in [7, 11) is 0. The minimum absolute atomic E-state index is 0.214. The van der Waals surface area contributed by atoms with Crippen LogP contribution in [0.15, 0.2) is 24.3 Å². The van der Waals surface area contributed by atoms with E-state index < -0.39 is 23.9 Å². The molecular weight excluding hydrogens is 253 g/mol. The zero-order valence-corrected chi connectivity index (χ0v) is 10.1. The molecule has 1 fully saturated rings. The fraction of sp³-hybridized carbons (Fsp3) is 0.333. The molecule has 0 spiro atoms. The van der Waals surface area contributed by atoms with Crippen LogP contribution in [0.5, 0.6) is 0 Å². The number of nitrogens with zero attached hydrogens (tertiary/aromatic N) is 1. The minimum atomic E-state index is -1.05. The molecule has 0 aromatic heterocycles. The number of carboxylic acid groups (broad SMARTS) is 1. The number of carboxylic acids is 1. The first-order valence-electron chi connectivity index (χ1n) is 5.84. The van der Waals surface area contributed by atoms with Crippen molar-refractivity contribution < 1.29 is 19.1 Å². The van der Waals surface area contributed by atoms with E-state index in [0.717, 1.165) is 0 Å². The predicted octanol–water partition coefficient (Wildman–Crippen LogP) is 0.716. The van der Waals surface area contributed by atoms with Gasteiger partial charge < -0.3 is 20.6 Å². The fourth-order valence-electron chi connectivity index (χ4n) is 1.90. The van der Waals surface area contributed by atoms with Crippen LogP contribution in [0.2, 0.25) is 0 Å². The Morgan fingerprint density at radius 1 is 1.37 bits per heavy atom. The van der Waals surface area contributed by atoms with Crippen molar-refractivity contribution in [2.24, 2.45) is 0 Å². The maximum absolute atomic E-state index is 12.7. The normalized spacial score (nSPS) is 19.0. The number of carbonyl (C=O) groups excluding carboxylic acids is 1. The molecule has 2 rings (SSSR count). The number of benzene rings is 1. The molecule has 1 aromatic rings. The smallest absolute Gasteiger partial charge is 0.327 e. The van der Waals surface area contributed by atoms with Crippen molar-refractivity contribution in [3.8, 4) is 0 Å². The molecule has 1 heterocycles. The van der Waals surface area contributed by atoms with E-state index in [1.807, 2.05) is 0 Å². The largest absolute Gasteiger partial charge is 0.480 e. The first-order chi connectivity index (χ1) is 9.08. The van der Waals surface area contributed by atoms with Gasteiger partial charge in [0.25, 0.3) is 0 Å². The monoisotopic (exact) mass is 267 g/mol. The number of urea groups is 1. The Morgan fingerprint density at radius 2 is 2.05 bits per heavy atom. The van der Waals surface area contributed by atoms with Crippen molar-refractivity contribution >= 4 is 17.7 Å². The number of amides is 2. The van der Waals surface area contributed by atoms with E-state index >= 15 is 0 Å². The molecule has 0 aliphatic carbocycles. The molecule has 1 aliphatic rings. The number of hydrogen-bond acceptors (Lipinski definition) is 3. The second-order valence-electron chi connectivity index (χ2n) is 4.19. The lowest BCUT2D eigenvalue weighted by molar-refractivity contribution is -0.142. The molecule has 1 atom stereocenters. The van der Waals surface area contributed by atoms with Crippen LogP contribution in [0.25, 0.3) is 0 Å². The number of anilines is 1. The third kappa shape index (κ3) is 3.19. The zero-order chi connectivity index (χ0) is 13.8. The zero-order valence-electron chi connectivity index (χ0n) is 10.1. The summed E-state index contributed by atoms with van der Waals surface area (Å²) in [5.74, 6) is -1.45. The lowest BCUT2D eigenvalue weighted by Crippen LogP contribution is -2.58. The predicted molar refractivity (Wildman–Crippen MR) is 66.4 cm³/mol. The maximum atomic E-state index is 12.7. The van der Waals surface area contributed by atoms with Crippen LogP contribution in [-0.4, -0.2) is 47.7 Å². The maximum Gasteiger partial charge on any atom is 0.327 e. The Kier molecular flexibility index (Phi) is 3.96. The number of carbonyl (C=O) groups is 2. The van der Waals surface area contributed by atoms with Gasteiger partial charge in [-0.25, -0.2) is 14.0 Å². The highest BCUT2D eigenvalue weighted by molar-refractivity contribution is 5.92. The van der Waals surface area contributed by atoms with Crippen LogP contribution < -0.4 is 10.6 Å². The molecule has 0 saturated carbocycles. The summed E-state index contributed by atoms with van der Waals surface area (Å²) < 4.78 is 12.7. The molecular formula is C12H14FN3O3. The molecule has 19 heavy (non-hydrogen) atoms. The summed E-state index contributed by atoms with van der Waals surface area (Å²) in [5.41, 5.74) is 0.425. The van der Waals surface area contributed by atoms with E-state index in [1.54, 1.807) is 0 Å². The van der Waals surface area contributed by atoms with Crippen molar-refractivity contribution in [1.29, 1.82) is 0 Å². The van der Waals surface area contributed by atoms with Crippen LogP contribution >= 0.6 is 0 Å². The molecule has 1 saturated heterocycles. The summed E-state index contributed by atoms with van der Waals surface area (Å²) in [6.45, 7) is 1.07. The van der Waals surface area contributed by atoms with Crippen molar-refractivity contribution in [3.05, 3.63) is 30.1 Å². The highest BCUT2D eigenvalue weighted by Gasteiger charge is 2.31. The number of nitrogens with one attached hydrogen (secondary N) is 2. The third-order valence-electron chi connectivity index (χ3n) is 2.88. The van der Waals surface area contributed by atoms with Crippen molar-refractivity contribution in [2.45, 2.75) is 6.04 Å². The average Bonchev–Trinajstić information content (AvgIpc) is 2.41. The number of rotatable bonds is 2. The molecule has 0 radical (unpaired) electrons. The van der Waals surface area contributed by atoms with E-state index in [0.29, 0.717) is 18.8 Å². The van der Waals surface area contributed by atoms with Crippen LogP contribution in [0.1, 0.15) is 0 Å². The van der Waals surface area contributed by atoms with Crippen LogP contribution in [0, 0.1) is 5.82 Å². The summed E-state index contributed by atoms with van der Waals surface area (Å²) in [5, 5.41) is 14.5. The lowest BCUT2D eigenvalue weighted by Gasteiger charge is -2.33. The molecule has 1 aromatic carbocycles. The second kappa shape index (κ2) is 5.66. The highest BCUT2D eigenvalue weighted by atomic mass is 19.1. The van der Waals surface area contributed by atoms with Crippen LogP contribution in [0.4, 0.5) is 14.9 Å². The third-order valence-corrected chi connectivity index (χ3v) is 2.88. The minimum Gasteiger partial charge on any atom is -0.480 e. The second-order valence-corrected chi connectivity index (χ2v) is 4.19. The summed E-state index contributed by atoms with van der Waals surface area (Å²) in [4.78, 5) is 24.3. The first kappa shape index (κ1) is 13.3. The van der Waals surface area contributed by atoms with Gasteiger partial charge >= 0.3 is 12.0 Å². The molecule has 1 aliphatic heterocycles. The van der Waals surface area contributed by atoms with Gasteiger partial charge in [-0.2, -0.15) is 0 Å². The molecule has 0 bridgehead atoms. The SMILES string of the molecule is O=C(O)C1CNCCN1C(=O)Nc1ccc(F)cc1. The fourth-order valence-corrected chi connectivity index (χ4v) is 1.90. The van der Waals surface area contributed by atoms with Gasteiger partial charge in [-0.3, -0.25) is 0 Å². The van der Waals surface area contributed by atoms with E-state index in [-0.39, 0.29) is 6.54 Å². The molecule has 1 unspecified atom stereocenters. The summed E-state index contributed by atoms with van der Waals surface area (Å²) in [6, 6.07) is 3.90. The van der Waals surface area contributed by atoms with Crippen LogP contribution in [-0.2, 0) is 4.79 Å². The van der Waals surface area contributed by atoms with E-state index in [4.69, 9.17) is 5.11 Å². The van der Waals surface area contributed by atoms with E-state index in [9.17, 15) is 14.0 Å². The molecule has 7 heteroatoms. The average molecular weight is 267 g/mol. The van der Waals surface area contributed by atoms with Gasteiger partial charge in [0.05, 0.1) is 0 Å². The van der Waals surface area contributed by atoms with Gasteiger partial charge in [0, 0.05) is 25.3 Å². The van der Waals surface area contributed by atoms with Crippen molar-refractivity contribution in [2.75, 3.05) is 25.0 Å². The van der Waals surface area contributed by atoms with E-state index in [2.05, 4.69) is 10.6 Å². The van der Waals surface area contributed by atoms with Crippen LogP contribution in [0.3, 0.4) is 0 Å². The highest BCUT2D eigenvalue weighted by Crippen LogP contribution is 2.11. The number of piperazine rings is 1. The number of hydrogen-bond donors (Lipinski definition) is 3. The van der Waals surface area contributed by atoms with E-state index in [1.165, 1.54) is 29.2 Å². The summed E-state index contributed by atoms with van der Waals surface area (Å²) in [6.07, 6.45) is 0. The first-order valence-corrected chi connectivity index (χ1v) is 5.84. The quantitative estimate of drug-likeness (QED) is 0.737. The molecule has 3 N–H and O–H groups in total. The van der Waals surface area contributed by atoms with Gasteiger partial charge in [0.15, 0.2) is 0 Å². The molecule has 2 amide bonds. The van der Waals surface area contributed by atoms with Gasteiger partial charge in [-0.05, 0) is 24.3 Å². The molecule has 6 nitrogen and oxygen atoms in total. The Labute approximate surface area is 109 Å². The Hall–Kier alpha value is -2.15. The van der Waals surface area contributed by atoms with Gasteiger partial charge in [-0.1, -0.05) is 0 Å². The Balaban J connectivity index is 2.05.